The maximum Gasteiger partial charge on any atom is 0.219 e. The van der Waals surface area contributed by atoms with Crippen molar-refractivity contribution in [3.63, 3.8) is 0 Å². The van der Waals surface area contributed by atoms with E-state index in [-0.39, 0.29) is 11.4 Å². The minimum atomic E-state index is -0.286. The van der Waals surface area contributed by atoms with Gasteiger partial charge in [-0.05, 0) is 23.8 Å². The number of benzene rings is 2. The standard InChI is InChI=1S/C18H19N3OS/c1-12(22)19-18-20-16-7-5-4-6-15(16)17(23-18)13-8-10-14(11-9-13)21(2)3/h4-11,18H,1-3H3,(H,19,22). The largest absolute Gasteiger partial charge is 0.378 e. The molecule has 5 heteroatoms. The lowest BCUT2D eigenvalue weighted by atomic mass is 10.1. The van der Waals surface area contributed by atoms with Gasteiger partial charge in [0.1, 0.15) is 0 Å². The number of nitrogens with one attached hydrogen (secondary N) is 1. The van der Waals surface area contributed by atoms with Crippen LogP contribution < -0.4 is 20.8 Å². The highest BCUT2D eigenvalue weighted by atomic mass is 32.2. The summed E-state index contributed by atoms with van der Waals surface area (Å²) in [6.45, 7) is 1.52. The maximum absolute atomic E-state index is 11.4. The van der Waals surface area contributed by atoms with Gasteiger partial charge in [-0.2, -0.15) is 0 Å². The van der Waals surface area contributed by atoms with Crippen LogP contribution in [0.4, 0.5) is 5.69 Å². The molecule has 4 nitrogen and oxygen atoms in total. The van der Waals surface area contributed by atoms with Crippen molar-refractivity contribution < 1.29 is 4.79 Å². The fraction of sp³-hybridized carbons (Fsp3) is 0.222. The van der Waals surface area contributed by atoms with Gasteiger partial charge in [0.2, 0.25) is 5.91 Å². The van der Waals surface area contributed by atoms with E-state index in [9.17, 15) is 4.79 Å². The molecule has 0 saturated heterocycles. The van der Waals surface area contributed by atoms with E-state index in [1.54, 1.807) is 11.8 Å². The lowest BCUT2D eigenvalue weighted by molar-refractivity contribution is -0.119. The van der Waals surface area contributed by atoms with E-state index in [2.05, 4.69) is 45.5 Å². The monoisotopic (exact) mass is 325 g/mol. The highest BCUT2D eigenvalue weighted by Crippen LogP contribution is 2.30. The Kier molecular flexibility index (Phi) is 4.39. The third-order valence-electron chi connectivity index (χ3n) is 3.61. The van der Waals surface area contributed by atoms with Gasteiger partial charge in [-0.15, -0.1) is 0 Å². The number of rotatable bonds is 3. The van der Waals surface area contributed by atoms with Crippen molar-refractivity contribution in [2.75, 3.05) is 19.0 Å². The summed E-state index contributed by atoms with van der Waals surface area (Å²) in [5.41, 5.74) is 2.01. The number of thioether (sulfide) groups is 1. The van der Waals surface area contributed by atoms with Crippen molar-refractivity contribution >= 4 is 28.3 Å². The Morgan fingerprint density at radius 2 is 1.83 bits per heavy atom. The van der Waals surface area contributed by atoms with E-state index in [0.29, 0.717) is 0 Å². The molecule has 0 aliphatic carbocycles. The summed E-state index contributed by atoms with van der Waals surface area (Å²) in [4.78, 5) is 19.2. The first-order valence-electron chi connectivity index (χ1n) is 7.43. The molecule has 2 aromatic carbocycles. The molecule has 1 aliphatic rings. The molecule has 0 radical (unpaired) electrons. The molecule has 1 atom stereocenters. The van der Waals surface area contributed by atoms with Gasteiger partial charge in [0.05, 0.1) is 5.36 Å². The Labute approximate surface area is 139 Å². The van der Waals surface area contributed by atoms with Gasteiger partial charge < -0.3 is 10.2 Å². The number of para-hydroxylation sites is 1. The summed E-state index contributed by atoms with van der Waals surface area (Å²) in [6.07, 6.45) is 0. The number of fused-ring (bicyclic) bond motifs is 1. The van der Waals surface area contributed by atoms with Crippen LogP contribution >= 0.6 is 11.8 Å². The van der Waals surface area contributed by atoms with E-state index in [4.69, 9.17) is 0 Å². The van der Waals surface area contributed by atoms with Gasteiger partial charge in [0.25, 0.3) is 0 Å². The zero-order chi connectivity index (χ0) is 16.4. The molecule has 0 saturated carbocycles. The van der Waals surface area contributed by atoms with Gasteiger partial charge in [0.15, 0.2) is 5.50 Å². The number of carbonyl (C=O) groups is 1. The van der Waals surface area contributed by atoms with Gasteiger partial charge >= 0.3 is 0 Å². The van der Waals surface area contributed by atoms with Gasteiger partial charge in [-0.1, -0.05) is 42.1 Å². The molecule has 0 spiro atoms. The molecule has 0 aromatic heterocycles. The van der Waals surface area contributed by atoms with Crippen LogP contribution in [0.15, 0.2) is 53.5 Å². The molecule has 1 N–H and O–H groups in total. The normalized spacial score (nSPS) is 16.3. The lowest BCUT2D eigenvalue weighted by Gasteiger charge is -2.20. The van der Waals surface area contributed by atoms with Crippen LogP contribution in [0.25, 0.3) is 4.91 Å². The van der Waals surface area contributed by atoms with Crippen LogP contribution in [0.3, 0.4) is 0 Å². The summed E-state index contributed by atoms with van der Waals surface area (Å²) in [6, 6.07) is 16.5. The Hall–Kier alpha value is -2.27. The summed E-state index contributed by atoms with van der Waals surface area (Å²) in [5.74, 6) is -0.0760. The molecule has 0 fully saturated rings. The van der Waals surface area contributed by atoms with Crippen molar-refractivity contribution in [2.24, 2.45) is 4.99 Å². The Bertz CT molecular complexity index is 843. The van der Waals surface area contributed by atoms with Crippen molar-refractivity contribution in [3.05, 3.63) is 64.7 Å². The zero-order valence-electron chi connectivity index (χ0n) is 13.4. The second-order valence-electron chi connectivity index (χ2n) is 5.59. The Balaban J connectivity index is 2.09. The van der Waals surface area contributed by atoms with E-state index >= 15 is 0 Å². The lowest BCUT2D eigenvalue weighted by Crippen LogP contribution is -2.38. The summed E-state index contributed by atoms with van der Waals surface area (Å²) in [7, 11) is 4.05. The third kappa shape index (κ3) is 3.40. The molecular formula is C18H19N3OS. The Morgan fingerprint density at radius 3 is 2.48 bits per heavy atom. The van der Waals surface area contributed by atoms with E-state index in [0.717, 1.165) is 26.7 Å². The first-order valence-corrected chi connectivity index (χ1v) is 8.31. The second kappa shape index (κ2) is 6.46. The number of amides is 1. The molecule has 1 heterocycles. The highest BCUT2D eigenvalue weighted by Gasteiger charge is 2.18. The average Bonchev–Trinajstić information content (AvgIpc) is 2.53. The topological polar surface area (TPSA) is 44.7 Å². The zero-order valence-corrected chi connectivity index (χ0v) is 14.2. The molecule has 3 rings (SSSR count). The van der Waals surface area contributed by atoms with Crippen LogP contribution in [-0.4, -0.2) is 25.5 Å². The average molecular weight is 325 g/mol. The van der Waals surface area contributed by atoms with Crippen LogP contribution in [0.5, 0.6) is 0 Å². The highest BCUT2D eigenvalue weighted by molar-refractivity contribution is 8.08. The summed E-state index contributed by atoms with van der Waals surface area (Å²) in [5, 5.41) is 4.90. The van der Waals surface area contributed by atoms with Crippen LogP contribution in [0.2, 0.25) is 0 Å². The van der Waals surface area contributed by atoms with Crippen LogP contribution in [-0.2, 0) is 4.79 Å². The maximum atomic E-state index is 11.4. The number of carbonyl (C=O) groups excluding carboxylic acids is 1. The molecule has 118 valence electrons. The predicted octanol–water partition coefficient (Wildman–Crippen LogP) is 1.70. The quantitative estimate of drug-likeness (QED) is 0.934. The summed E-state index contributed by atoms with van der Waals surface area (Å²) < 4.78 is 0. The molecule has 1 unspecified atom stereocenters. The SMILES string of the molecule is CC(=O)NC1N=c2ccccc2=C(c2ccc(N(C)C)cc2)S1. The van der Waals surface area contributed by atoms with E-state index in [1.807, 2.05) is 32.3 Å². The molecule has 2 aromatic rings. The van der Waals surface area contributed by atoms with E-state index < -0.39 is 0 Å². The number of nitrogens with zero attached hydrogens (tertiary/aromatic N) is 2. The Morgan fingerprint density at radius 1 is 1.13 bits per heavy atom. The molecule has 1 aliphatic heterocycles. The minimum absolute atomic E-state index is 0.0760. The minimum Gasteiger partial charge on any atom is -0.378 e. The van der Waals surface area contributed by atoms with Crippen LogP contribution in [0, 0.1) is 0 Å². The molecular weight excluding hydrogens is 306 g/mol. The predicted molar refractivity (Wildman–Crippen MR) is 95.7 cm³/mol. The number of hydrogen-bond acceptors (Lipinski definition) is 4. The smallest absolute Gasteiger partial charge is 0.219 e. The third-order valence-corrected chi connectivity index (χ3v) is 4.74. The molecule has 1 amide bonds. The van der Waals surface area contributed by atoms with E-state index in [1.165, 1.54) is 6.92 Å². The first-order chi connectivity index (χ1) is 11.0. The van der Waals surface area contributed by atoms with Crippen LogP contribution in [0.1, 0.15) is 12.5 Å². The fourth-order valence-corrected chi connectivity index (χ4v) is 3.66. The van der Waals surface area contributed by atoms with Crippen molar-refractivity contribution in [3.8, 4) is 0 Å². The molecule has 0 bridgehead atoms. The van der Waals surface area contributed by atoms with Crippen molar-refractivity contribution in [1.82, 2.24) is 5.32 Å². The van der Waals surface area contributed by atoms with Gasteiger partial charge in [0, 0.05) is 36.8 Å². The van der Waals surface area contributed by atoms with Crippen molar-refractivity contribution in [2.45, 2.75) is 12.4 Å². The fourth-order valence-electron chi connectivity index (χ4n) is 2.48. The first kappa shape index (κ1) is 15.6. The van der Waals surface area contributed by atoms with Gasteiger partial charge in [-0.25, -0.2) is 4.99 Å². The number of anilines is 1. The van der Waals surface area contributed by atoms with Crippen molar-refractivity contribution in [1.29, 1.82) is 0 Å². The summed E-state index contributed by atoms with van der Waals surface area (Å²) >= 11 is 1.57. The number of hydrogen-bond donors (Lipinski definition) is 1. The molecule has 23 heavy (non-hydrogen) atoms. The second-order valence-corrected chi connectivity index (χ2v) is 6.68. The van der Waals surface area contributed by atoms with Gasteiger partial charge in [-0.3, -0.25) is 4.79 Å².